The summed E-state index contributed by atoms with van der Waals surface area (Å²) in [5.41, 5.74) is 0. The highest BCUT2D eigenvalue weighted by molar-refractivity contribution is 4.84. The maximum atomic E-state index is 2.62. The molecule has 0 amide bonds. The normalized spacial score (nSPS) is 31.2. The van der Waals surface area contributed by atoms with Crippen LogP contribution in [0.15, 0.2) is 0 Å². The fourth-order valence-corrected chi connectivity index (χ4v) is 2.45. The molecule has 1 heterocycles. The first-order valence-electron chi connectivity index (χ1n) is 5.51. The predicted molar refractivity (Wildman–Crippen MR) is 54.4 cm³/mol. The van der Waals surface area contributed by atoms with E-state index in [1.165, 1.54) is 38.5 Å². The molecule has 0 aromatic carbocycles. The van der Waals surface area contributed by atoms with Crippen LogP contribution < -0.4 is 0 Å². The smallest absolute Gasteiger partial charge is 0.00956 e. The quantitative estimate of drug-likeness (QED) is 0.625. The number of likely N-dealkylation sites (tertiary alicyclic amines) is 1. The van der Waals surface area contributed by atoms with Gasteiger partial charge in [-0.1, -0.05) is 26.7 Å². The fourth-order valence-electron chi connectivity index (χ4n) is 2.45. The van der Waals surface area contributed by atoms with E-state index in [0.29, 0.717) is 0 Å². The first kappa shape index (κ1) is 10.0. The minimum absolute atomic E-state index is 0.895. The standard InChI is InChI=1S/C11H23N/c1-4-6-10-8-9-11(7-5-2)12(10)3/h10-11H,4-9H2,1-3H3. The molecule has 0 bridgehead atoms. The van der Waals surface area contributed by atoms with Gasteiger partial charge in [-0.25, -0.2) is 0 Å². The molecule has 1 saturated heterocycles. The van der Waals surface area contributed by atoms with E-state index in [1.807, 2.05) is 0 Å². The van der Waals surface area contributed by atoms with E-state index < -0.39 is 0 Å². The monoisotopic (exact) mass is 169 g/mol. The van der Waals surface area contributed by atoms with Gasteiger partial charge in [-0.2, -0.15) is 0 Å². The Balaban J connectivity index is 2.32. The van der Waals surface area contributed by atoms with Gasteiger partial charge >= 0.3 is 0 Å². The molecule has 0 N–H and O–H groups in total. The Labute approximate surface area is 77.1 Å². The van der Waals surface area contributed by atoms with E-state index in [4.69, 9.17) is 0 Å². The van der Waals surface area contributed by atoms with Crippen molar-refractivity contribution in [1.82, 2.24) is 4.90 Å². The lowest BCUT2D eigenvalue weighted by Gasteiger charge is -2.25. The fraction of sp³-hybridized carbons (Fsp3) is 1.00. The summed E-state index contributed by atoms with van der Waals surface area (Å²) in [4.78, 5) is 2.62. The molecule has 0 aromatic rings. The molecule has 1 heteroatoms. The minimum atomic E-state index is 0.895. The highest BCUT2D eigenvalue weighted by Gasteiger charge is 2.28. The van der Waals surface area contributed by atoms with E-state index in [-0.39, 0.29) is 0 Å². The SMILES string of the molecule is CCCC1CCC(CCC)N1C. The second-order valence-corrected chi connectivity index (χ2v) is 4.13. The predicted octanol–water partition coefficient (Wildman–Crippen LogP) is 3.05. The average Bonchev–Trinajstić information content (AvgIpc) is 2.38. The van der Waals surface area contributed by atoms with Gasteiger partial charge in [-0.3, -0.25) is 0 Å². The molecular formula is C11H23N. The van der Waals surface area contributed by atoms with Gasteiger partial charge in [0.15, 0.2) is 0 Å². The molecule has 0 aromatic heterocycles. The van der Waals surface area contributed by atoms with Crippen molar-refractivity contribution in [1.29, 1.82) is 0 Å². The van der Waals surface area contributed by atoms with Crippen LogP contribution in [-0.4, -0.2) is 24.0 Å². The Hall–Kier alpha value is -0.0400. The maximum absolute atomic E-state index is 2.62. The molecule has 1 rings (SSSR count). The summed E-state index contributed by atoms with van der Waals surface area (Å²) in [5.74, 6) is 0. The van der Waals surface area contributed by atoms with Crippen LogP contribution >= 0.6 is 0 Å². The lowest BCUT2D eigenvalue weighted by Crippen LogP contribution is -2.31. The summed E-state index contributed by atoms with van der Waals surface area (Å²) in [6, 6.07) is 1.79. The van der Waals surface area contributed by atoms with Gasteiger partial charge in [-0.05, 0) is 32.7 Å². The van der Waals surface area contributed by atoms with Gasteiger partial charge in [0, 0.05) is 12.1 Å². The molecule has 0 spiro atoms. The van der Waals surface area contributed by atoms with Gasteiger partial charge < -0.3 is 4.90 Å². The topological polar surface area (TPSA) is 3.24 Å². The van der Waals surface area contributed by atoms with Crippen molar-refractivity contribution in [3.05, 3.63) is 0 Å². The minimum Gasteiger partial charge on any atom is -0.300 e. The molecule has 0 saturated carbocycles. The van der Waals surface area contributed by atoms with Crippen molar-refractivity contribution in [3.63, 3.8) is 0 Å². The lowest BCUT2D eigenvalue weighted by molar-refractivity contribution is 0.221. The Morgan fingerprint density at radius 1 is 1.00 bits per heavy atom. The van der Waals surface area contributed by atoms with Gasteiger partial charge in [-0.15, -0.1) is 0 Å². The van der Waals surface area contributed by atoms with E-state index >= 15 is 0 Å². The summed E-state index contributed by atoms with van der Waals surface area (Å²) in [5, 5.41) is 0. The van der Waals surface area contributed by atoms with E-state index in [9.17, 15) is 0 Å². The van der Waals surface area contributed by atoms with Crippen LogP contribution in [0.3, 0.4) is 0 Å². The van der Waals surface area contributed by atoms with Crippen molar-refractivity contribution in [2.24, 2.45) is 0 Å². The van der Waals surface area contributed by atoms with Crippen molar-refractivity contribution >= 4 is 0 Å². The number of hydrogen-bond acceptors (Lipinski definition) is 1. The molecule has 72 valence electrons. The molecule has 1 aliphatic heterocycles. The lowest BCUT2D eigenvalue weighted by atomic mass is 10.1. The van der Waals surface area contributed by atoms with E-state index in [2.05, 4.69) is 25.8 Å². The summed E-state index contributed by atoms with van der Waals surface area (Å²) < 4.78 is 0. The van der Waals surface area contributed by atoms with Gasteiger partial charge in [0.1, 0.15) is 0 Å². The zero-order valence-electron chi connectivity index (χ0n) is 8.84. The number of rotatable bonds is 4. The van der Waals surface area contributed by atoms with Gasteiger partial charge in [0.2, 0.25) is 0 Å². The molecule has 1 fully saturated rings. The third kappa shape index (κ3) is 2.22. The Morgan fingerprint density at radius 2 is 1.42 bits per heavy atom. The van der Waals surface area contributed by atoms with Gasteiger partial charge in [0.25, 0.3) is 0 Å². The molecule has 2 unspecified atom stereocenters. The van der Waals surface area contributed by atoms with Crippen molar-refractivity contribution in [3.8, 4) is 0 Å². The highest BCUT2D eigenvalue weighted by Crippen LogP contribution is 2.27. The first-order valence-corrected chi connectivity index (χ1v) is 5.51. The van der Waals surface area contributed by atoms with Crippen molar-refractivity contribution in [2.45, 2.75) is 64.5 Å². The molecule has 2 atom stereocenters. The summed E-state index contributed by atoms with van der Waals surface area (Å²) >= 11 is 0. The van der Waals surface area contributed by atoms with Crippen molar-refractivity contribution < 1.29 is 0 Å². The molecule has 0 aliphatic carbocycles. The largest absolute Gasteiger partial charge is 0.300 e. The van der Waals surface area contributed by atoms with Crippen LogP contribution in [0.25, 0.3) is 0 Å². The molecule has 1 aliphatic rings. The van der Waals surface area contributed by atoms with Crippen LogP contribution in [0, 0.1) is 0 Å². The Kier molecular flexibility index (Phi) is 4.07. The van der Waals surface area contributed by atoms with Crippen molar-refractivity contribution in [2.75, 3.05) is 7.05 Å². The van der Waals surface area contributed by atoms with Crippen LogP contribution in [0.1, 0.15) is 52.4 Å². The van der Waals surface area contributed by atoms with Crippen LogP contribution in [-0.2, 0) is 0 Å². The second kappa shape index (κ2) is 4.86. The number of nitrogens with zero attached hydrogens (tertiary/aromatic N) is 1. The number of hydrogen-bond donors (Lipinski definition) is 0. The third-order valence-electron chi connectivity index (χ3n) is 3.23. The molecule has 1 nitrogen and oxygen atoms in total. The average molecular weight is 169 g/mol. The van der Waals surface area contributed by atoms with Crippen LogP contribution in [0.5, 0.6) is 0 Å². The Bertz CT molecular complexity index is 108. The summed E-state index contributed by atoms with van der Waals surface area (Å²) in [6.45, 7) is 4.59. The van der Waals surface area contributed by atoms with E-state index in [1.54, 1.807) is 0 Å². The first-order chi connectivity index (χ1) is 5.79. The molecule has 12 heavy (non-hydrogen) atoms. The maximum Gasteiger partial charge on any atom is 0.00956 e. The Morgan fingerprint density at radius 3 is 1.75 bits per heavy atom. The third-order valence-corrected chi connectivity index (χ3v) is 3.23. The molecule has 0 radical (unpaired) electrons. The van der Waals surface area contributed by atoms with Gasteiger partial charge in [0.05, 0.1) is 0 Å². The highest BCUT2D eigenvalue weighted by atomic mass is 15.2. The van der Waals surface area contributed by atoms with E-state index in [0.717, 1.165) is 12.1 Å². The second-order valence-electron chi connectivity index (χ2n) is 4.13. The van der Waals surface area contributed by atoms with Crippen LogP contribution in [0.4, 0.5) is 0 Å². The summed E-state index contributed by atoms with van der Waals surface area (Å²) in [6.07, 6.45) is 8.36. The zero-order chi connectivity index (χ0) is 8.97. The molecular weight excluding hydrogens is 146 g/mol. The zero-order valence-corrected chi connectivity index (χ0v) is 8.84. The van der Waals surface area contributed by atoms with Crippen LogP contribution in [0.2, 0.25) is 0 Å². The summed E-state index contributed by atoms with van der Waals surface area (Å²) in [7, 11) is 2.31.